The lowest BCUT2D eigenvalue weighted by atomic mass is 10.0. The minimum Gasteiger partial charge on any atom is -0.508 e. The van der Waals surface area contributed by atoms with Gasteiger partial charge < -0.3 is 38.0 Å². The highest BCUT2D eigenvalue weighted by Gasteiger charge is 2.29. The third-order valence-electron chi connectivity index (χ3n) is 3.79. The van der Waals surface area contributed by atoms with Crippen molar-refractivity contribution >= 4 is 29.6 Å². The van der Waals surface area contributed by atoms with Gasteiger partial charge in [-0.05, 0) is 17.7 Å². The first kappa shape index (κ1) is 23.4. The van der Waals surface area contributed by atoms with Gasteiger partial charge in [-0.25, -0.2) is 4.79 Å². The molecule has 3 unspecified atom stereocenters. The number of hydrogen-bond donors (Lipinski definition) is 7. The van der Waals surface area contributed by atoms with Gasteiger partial charge in [-0.2, -0.15) is 0 Å². The summed E-state index contributed by atoms with van der Waals surface area (Å²) in [7, 11) is 0. The molecule has 158 valence electrons. The number of primary amides is 2. The first-order valence-electron chi connectivity index (χ1n) is 8.43. The van der Waals surface area contributed by atoms with Crippen LogP contribution in [0.2, 0.25) is 0 Å². The molecule has 1 rings (SSSR count). The number of aliphatic carboxylic acids is 1. The van der Waals surface area contributed by atoms with E-state index in [1.54, 1.807) is 0 Å². The zero-order chi connectivity index (χ0) is 22.1. The first-order valence-corrected chi connectivity index (χ1v) is 8.43. The van der Waals surface area contributed by atoms with Gasteiger partial charge in [0.25, 0.3) is 0 Å². The average Bonchev–Trinajstić information content (AvgIpc) is 2.61. The zero-order valence-electron chi connectivity index (χ0n) is 15.3. The average molecular weight is 409 g/mol. The van der Waals surface area contributed by atoms with Gasteiger partial charge in [-0.15, -0.1) is 0 Å². The summed E-state index contributed by atoms with van der Waals surface area (Å²) in [5, 5.41) is 22.9. The molecule has 1 aromatic rings. The van der Waals surface area contributed by atoms with Crippen molar-refractivity contribution in [2.45, 2.75) is 37.4 Å². The van der Waals surface area contributed by atoms with Gasteiger partial charge in [0.15, 0.2) is 0 Å². The molecule has 0 fully saturated rings. The molecule has 10 N–H and O–H groups in total. The Labute approximate surface area is 165 Å². The number of benzene rings is 1. The van der Waals surface area contributed by atoms with Gasteiger partial charge in [0.2, 0.25) is 23.6 Å². The molecule has 4 amide bonds. The van der Waals surface area contributed by atoms with Crippen LogP contribution in [0.1, 0.15) is 18.4 Å². The minimum absolute atomic E-state index is 0.0188. The summed E-state index contributed by atoms with van der Waals surface area (Å²) in [6.07, 6.45) is -1.20. The van der Waals surface area contributed by atoms with E-state index in [-0.39, 0.29) is 12.2 Å². The molecular weight excluding hydrogens is 386 g/mol. The third-order valence-corrected chi connectivity index (χ3v) is 3.79. The number of rotatable bonds is 11. The Hall–Kier alpha value is -3.67. The second-order valence-electron chi connectivity index (χ2n) is 6.28. The molecule has 29 heavy (non-hydrogen) atoms. The number of carbonyl (C=O) groups is 5. The van der Waals surface area contributed by atoms with Gasteiger partial charge in [0, 0.05) is 6.42 Å². The summed E-state index contributed by atoms with van der Waals surface area (Å²) < 4.78 is 0. The highest BCUT2D eigenvalue weighted by Crippen LogP contribution is 2.12. The fraction of sp³-hybridized carbons (Fsp3) is 0.353. The molecule has 0 heterocycles. The van der Waals surface area contributed by atoms with E-state index in [1.165, 1.54) is 24.3 Å². The van der Waals surface area contributed by atoms with Crippen LogP contribution in [0.4, 0.5) is 0 Å². The summed E-state index contributed by atoms with van der Waals surface area (Å²) in [5.41, 5.74) is 16.1. The SMILES string of the molecule is NC(=O)CC(N)C(=O)NC(Cc1ccc(O)cc1)C(=O)NC(CC(N)=O)C(=O)O. The summed E-state index contributed by atoms with van der Waals surface area (Å²) in [6.45, 7) is 0. The van der Waals surface area contributed by atoms with Crippen LogP contribution in [-0.2, 0) is 30.4 Å². The second-order valence-corrected chi connectivity index (χ2v) is 6.28. The Morgan fingerprint density at radius 1 is 0.862 bits per heavy atom. The van der Waals surface area contributed by atoms with Crippen molar-refractivity contribution in [3.63, 3.8) is 0 Å². The van der Waals surface area contributed by atoms with Crippen molar-refractivity contribution in [2.24, 2.45) is 17.2 Å². The van der Waals surface area contributed by atoms with Gasteiger partial charge >= 0.3 is 5.97 Å². The largest absolute Gasteiger partial charge is 0.508 e. The minimum atomic E-state index is -1.60. The Morgan fingerprint density at radius 2 is 1.38 bits per heavy atom. The summed E-state index contributed by atoms with van der Waals surface area (Å²) >= 11 is 0. The highest BCUT2D eigenvalue weighted by atomic mass is 16.4. The molecule has 3 atom stereocenters. The lowest BCUT2D eigenvalue weighted by Gasteiger charge is -2.22. The quantitative estimate of drug-likeness (QED) is 0.199. The maximum absolute atomic E-state index is 12.6. The molecule has 12 heteroatoms. The van der Waals surface area contributed by atoms with Gasteiger partial charge in [-0.1, -0.05) is 12.1 Å². The molecule has 0 spiro atoms. The number of carboxylic acid groups (broad SMARTS) is 1. The van der Waals surface area contributed by atoms with Crippen molar-refractivity contribution in [2.75, 3.05) is 0 Å². The van der Waals surface area contributed by atoms with E-state index < -0.39 is 60.6 Å². The molecular formula is C17H23N5O7. The van der Waals surface area contributed by atoms with E-state index in [0.717, 1.165) is 0 Å². The molecule has 12 nitrogen and oxygen atoms in total. The summed E-state index contributed by atoms with van der Waals surface area (Å²) in [6, 6.07) is 1.49. The van der Waals surface area contributed by atoms with Crippen LogP contribution in [0, 0.1) is 0 Å². The van der Waals surface area contributed by atoms with Crippen LogP contribution in [0.15, 0.2) is 24.3 Å². The summed E-state index contributed by atoms with van der Waals surface area (Å²) in [4.78, 5) is 57.9. The number of nitrogens with one attached hydrogen (secondary N) is 2. The maximum atomic E-state index is 12.6. The molecule has 0 aromatic heterocycles. The smallest absolute Gasteiger partial charge is 0.326 e. The van der Waals surface area contributed by atoms with Crippen LogP contribution in [0.25, 0.3) is 0 Å². The fourth-order valence-corrected chi connectivity index (χ4v) is 2.34. The monoisotopic (exact) mass is 409 g/mol. The Kier molecular flexibility index (Phi) is 8.55. The number of phenolic OH excluding ortho intramolecular Hbond substituents is 1. The van der Waals surface area contributed by atoms with Gasteiger partial charge in [0.05, 0.1) is 18.9 Å². The molecule has 0 bridgehead atoms. The maximum Gasteiger partial charge on any atom is 0.326 e. The molecule has 0 saturated heterocycles. The van der Waals surface area contributed by atoms with Crippen molar-refractivity contribution in [3.8, 4) is 5.75 Å². The van der Waals surface area contributed by atoms with Gasteiger partial charge in [0.1, 0.15) is 17.8 Å². The number of aromatic hydroxyl groups is 1. The Balaban J connectivity index is 3.00. The molecule has 0 saturated carbocycles. The summed E-state index contributed by atoms with van der Waals surface area (Å²) in [5.74, 6) is -5.04. The molecule has 0 aliphatic heterocycles. The number of hydrogen-bond acceptors (Lipinski definition) is 7. The standard InChI is InChI=1S/C17H23N5O7/c18-10(6-13(19)24)15(26)21-11(5-8-1-3-9(23)4-2-8)16(27)22-12(17(28)29)7-14(20)25/h1-4,10-12,23H,5-7,18H2,(H2,19,24)(H2,20,25)(H,21,26)(H,22,27)(H,28,29). The van der Waals surface area contributed by atoms with E-state index in [0.29, 0.717) is 5.56 Å². The van der Waals surface area contributed by atoms with E-state index in [4.69, 9.17) is 22.3 Å². The van der Waals surface area contributed by atoms with Crippen LogP contribution in [-0.4, -0.2) is 57.9 Å². The lowest BCUT2D eigenvalue weighted by Crippen LogP contribution is -2.56. The van der Waals surface area contributed by atoms with Crippen LogP contribution >= 0.6 is 0 Å². The predicted octanol–water partition coefficient (Wildman–Crippen LogP) is -2.93. The lowest BCUT2D eigenvalue weighted by molar-refractivity contribution is -0.143. The van der Waals surface area contributed by atoms with Crippen LogP contribution in [0.5, 0.6) is 5.75 Å². The van der Waals surface area contributed by atoms with Crippen molar-refractivity contribution in [1.29, 1.82) is 0 Å². The number of phenols is 1. The van der Waals surface area contributed by atoms with Crippen molar-refractivity contribution in [3.05, 3.63) is 29.8 Å². The van der Waals surface area contributed by atoms with E-state index in [2.05, 4.69) is 10.6 Å². The zero-order valence-corrected chi connectivity index (χ0v) is 15.3. The molecule has 0 radical (unpaired) electrons. The molecule has 0 aliphatic rings. The third kappa shape index (κ3) is 8.26. The number of amides is 4. The van der Waals surface area contributed by atoms with Crippen LogP contribution in [0.3, 0.4) is 0 Å². The normalized spacial score (nSPS) is 13.6. The highest BCUT2D eigenvalue weighted by molar-refractivity contribution is 5.94. The van der Waals surface area contributed by atoms with E-state index in [1.807, 2.05) is 0 Å². The Morgan fingerprint density at radius 3 is 1.86 bits per heavy atom. The van der Waals surface area contributed by atoms with Gasteiger partial charge in [-0.3, -0.25) is 19.2 Å². The van der Waals surface area contributed by atoms with E-state index in [9.17, 15) is 29.1 Å². The van der Waals surface area contributed by atoms with Crippen molar-refractivity contribution in [1.82, 2.24) is 10.6 Å². The topological polar surface area (TPSA) is 228 Å². The fourth-order valence-electron chi connectivity index (χ4n) is 2.34. The van der Waals surface area contributed by atoms with E-state index >= 15 is 0 Å². The van der Waals surface area contributed by atoms with Crippen LogP contribution < -0.4 is 27.8 Å². The Bertz CT molecular complexity index is 781. The molecule has 0 aliphatic carbocycles. The number of carboxylic acids is 1. The number of nitrogens with two attached hydrogens (primary N) is 3. The number of carbonyl (C=O) groups excluding carboxylic acids is 4. The van der Waals surface area contributed by atoms with Crippen molar-refractivity contribution < 1.29 is 34.2 Å². The molecule has 1 aromatic carbocycles. The second kappa shape index (κ2) is 10.6. The first-order chi connectivity index (χ1) is 13.5. The predicted molar refractivity (Wildman–Crippen MR) is 98.9 cm³/mol.